The summed E-state index contributed by atoms with van der Waals surface area (Å²) in [6.07, 6.45) is 0. The fourth-order valence-corrected chi connectivity index (χ4v) is 1.28. The van der Waals surface area contributed by atoms with Gasteiger partial charge in [-0.05, 0) is 6.92 Å². The number of carbonyl (C=O) groups is 2. The fraction of sp³-hybridized carbons (Fsp3) is 0.273. The molecule has 1 aromatic rings. The van der Waals surface area contributed by atoms with Gasteiger partial charge in [0.1, 0.15) is 0 Å². The van der Waals surface area contributed by atoms with Crippen molar-refractivity contribution in [2.75, 3.05) is 6.61 Å². The van der Waals surface area contributed by atoms with Crippen LogP contribution in [0.5, 0.6) is 0 Å². The molecule has 1 atom stereocenters. The average Bonchev–Trinajstić information content (AvgIpc) is 2.29. The molecular weight excluding hydrogens is 210 g/mol. The van der Waals surface area contributed by atoms with E-state index in [-0.39, 0.29) is 12.2 Å². The number of rotatable bonds is 4. The van der Waals surface area contributed by atoms with Crippen molar-refractivity contribution in [3.8, 4) is 0 Å². The molecule has 5 nitrogen and oxygen atoms in total. The maximum Gasteiger partial charge on any atom is 0.352 e. The van der Waals surface area contributed by atoms with Crippen molar-refractivity contribution < 1.29 is 19.4 Å². The molecule has 0 aliphatic carbocycles. The van der Waals surface area contributed by atoms with Gasteiger partial charge in [-0.2, -0.15) is 0 Å². The van der Waals surface area contributed by atoms with Gasteiger partial charge < -0.3 is 15.6 Å². The van der Waals surface area contributed by atoms with Crippen LogP contribution in [0, 0.1) is 0 Å². The summed E-state index contributed by atoms with van der Waals surface area (Å²) in [6.45, 7) is 1.63. The Morgan fingerprint density at radius 3 is 2.38 bits per heavy atom. The van der Waals surface area contributed by atoms with Gasteiger partial charge in [0.05, 0.1) is 6.61 Å². The maximum absolute atomic E-state index is 11.5. The van der Waals surface area contributed by atoms with Crippen molar-refractivity contribution in [2.45, 2.75) is 12.5 Å². The molecular formula is C11H13NO4. The number of benzene rings is 1. The molecule has 1 amide bonds. The van der Waals surface area contributed by atoms with E-state index in [0.717, 1.165) is 0 Å². The zero-order valence-corrected chi connectivity index (χ0v) is 8.84. The van der Waals surface area contributed by atoms with E-state index < -0.39 is 17.5 Å². The highest BCUT2D eigenvalue weighted by Gasteiger charge is 2.45. The van der Waals surface area contributed by atoms with Gasteiger partial charge in [-0.1, -0.05) is 30.3 Å². The summed E-state index contributed by atoms with van der Waals surface area (Å²) in [7, 11) is 0. The lowest BCUT2D eigenvalue weighted by molar-refractivity contribution is -0.171. The molecule has 0 unspecified atom stereocenters. The molecule has 1 aromatic carbocycles. The minimum atomic E-state index is -2.42. The van der Waals surface area contributed by atoms with E-state index >= 15 is 0 Å². The molecule has 0 saturated heterocycles. The highest BCUT2D eigenvalue weighted by molar-refractivity contribution is 6.05. The predicted molar refractivity (Wildman–Crippen MR) is 56.2 cm³/mol. The van der Waals surface area contributed by atoms with E-state index in [2.05, 4.69) is 4.74 Å². The minimum absolute atomic E-state index is 0.0568. The second-order valence-electron chi connectivity index (χ2n) is 3.16. The Morgan fingerprint density at radius 1 is 1.38 bits per heavy atom. The maximum atomic E-state index is 11.5. The summed E-state index contributed by atoms with van der Waals surface area (Å²) in [5.41, 5.74) is 2.72. The van der Waals surface area contributed by atoms with Crippen LogP contribution in [0.15, 0.2) is 30.3 Å². The number of hydrogen-bond donors (Lipinski definition) is 2. The molecule has 0 fully saturated rings. The number of hydrogen-bond acceptors (Lipinski definition) is 4. The fourth-order valence-electron chi connectivity index (χ4n) is 1.28. The number of nitrogens with two attached hydrogens (primary N) is 1. The van der Waals surface area contributed by atoms with Gasteiger partial charge in [0.2, 0.25) is 0 Å². The normalized spacial score (nSPS) is 13.9. The van der Waals surface area contributed by atoms with Gasteiger partial charge in [-0.15, -0.1) is 0 Å². The number of amides is 1. The van der Waals surface area contributed by atoms with E-state index in [9.17, 15) is 14.7 Å². The Bertz CT molecular complexity index is 390. The predicted octanol–water partition coefficient (Wildman–Crippen LogP) is -0.0774. The number of esters is 1. The van der Waals surface area contributed by atoms with E-state index in [1.54, 1.807) is 25.1 Å². The Hall–Kier alpha value is -1.88. The van der Waals surface area contributed by atoms with E-state index in [1.807, 2.05) is 0 Å². The van der Waals surface area contributed by atoms with Crippen molar-refractivity contribution in [3.63, 3.8) is 0 Å². The van der Waals surface area contributed by atoms with Crippen molar-refractivity contribution in [1.29, 1.82) is 0 Å². The van der Waals surface area contributed by atoms with Gasteiger partial charge in [-0.25, -0.2) is 4.79 Å². The quantitative estimate of drug-likeness (QED) is 0.552. The monoisotopic (exact) mass is 223 g/mol. The van der Waals surface area contributed by atoms with Crippen LogP contribution < -0.4 is 5.73 Å². The summed E-state index contributed by atoms with van der Waals surface area (Å²) in [6, 6.07) is 7.73. The summed E-state index contributed by atoms with van der Waals surface area (Å²) in [5.74, 6) is -2.22. The lowest BCUT2D eigenvalue weighted by atomic mass is 9.93. The number of aliphatic hydroxyl groups is 1. The standard InChI is InChI=1S/C11H13NO4/c1-2-16-10(14)11(15,9(12)13)8-6-4-3-5-7-8/h3-7,15H,2H2,1H3,(H2,12,13)/t11-/m0/s1. The minimum Gasteiger partial charge on any atom is -0.463 e. The number of ether oxygens (including phenoxy) is 1. The molecule has 0 aromatic heterocycles. The van der Waals surface area contributed by atoms with Crippen LogP contribution in [-0.4, -0.2) is 23.6 Å². The summed E-state index contributed by atoms with van der Waals surface area (Å²) < 4.78 is 4.63. The van der Waals surface area contributed by atoms with Crippen molar-refractivity contribution in [2.24, 2.45) is 5.73 Å². The second kappa shape index (κ2) is 4.76. The third-order valence-electron chi connectivity index (χ3n) is 2.12. The molecule has 0 saturated carbocycles. The molecule has 5 heteroatoms. The largest absolute Gasteiger partial charge is 0.463 e. The van der Waals surface area contributed by atoms with Crippen molar-refractivity contribution in [1.82, 2.24) is 0 Å². The number of carbonyl (C=O) groups excluding carboxylic acids is 2. The van der Waals surface area contributed by atoms with Crippen LogP contribution >= 0.6 is 0 Å². The van der Waals surface area contributed by atoms with Gasteiger partial charge in [0.25, 0.3) is 11.5 Å². The molecule has 0 bridgehead atoms. The SMILES string of the molecule is CCOC(=O)[C@@](O)(C(N)=O)c1ccccc1. The zero-order valence-electron chi connectivity index (χ0n) is 8.84. The van der Waals surface area contributed by atoms with Gasteiger partial charge in [0.15, 0.2) is 0 Å². The van der Waals surface area contributed by atoms with Crippen LogP contribution in [0.25, 0.3) is 0 Å². The highest BCUT2D eigenvalue weighted by Crippen LogP contribution is 2.22. The lowest BCUT2D eigenvalue weighted by Gasteiger charge is -2.22. The van der Waals surface area contributed by atoms with Crippen molar-refractivity contribution in [3.05, 3.63) is 35.9 Å². The highest BCUT2D eigenvalue weighted by atomic mass is 16.5. The van der Waals surface area contributed by atoms with Crippen LogP contribution in [0.2, 0.25) is 0 Å². The van der Waals surface area contributed by atoms with E-state index in [0.29, 0.717) is 0 Å². The Labute approximate surface area is 92.8 Å². The smallest absolute Gasteiger partial charge is 0.352 e. The molecule has 0 aliphatic rings. The number of primary amides is 1. The molecule has 0 spiro atoms. The first-order valence-corrected chi connectivity index (χ1v) is 4.78. The summed E-state index contributed by atoms with van der Waals surface area (Å²) in [4.78, 5) is 22.7. The van der Waals surface area contributed by atoms with Gasteiger partial charge in [-0.3, -0.25) is 4.79 Å². The van der Waals surface area contributed by atoms with E-state index in [4.69, 9.17) is 5.73 Å². The average molecular weight is 223 g/mol. The molecule has 0 aliphatic heterocycles. The van der Waals surface area contributed by atoms with Crippen molar-refractivity contribution >= 4 is 11.9 Å². The van der Waals surface area contributed by atoms with Crippen LogP contribution in [0.3, 0.4) is 0 Å². The lowest BCUT2D eigenvalue weighted by Crippen LogP contribution is -2.48. The van der Waals surface area contributed by atoms with Crippen LogP contribution in [0.1, 0.15) is 12.5 Å². The molecule has 16 heavy (non-hydrogen) atoms. The third-order valence-corrected chi connectivity index (χ3v) is 2.12. The molecule has 0 heterocycles. The van der Waals surface area contributed by atoms with Gasteiger partial charge in [0, 0.05) is 5.56 Å². The molecule has 3 N–H and O–H groups in total. The Balaban J connectivity index is 3.17. The topological polar surface area (TPSA) is 89.6 Å². The first-order valence-electron chi connectivity index (χ1n) is 4.78. The van der Waals surface area contributed by atoms with Crippen LogP contribution in [-0.2, 0) is 19.9 Å². The Morgan fingerprint density at radius 2 is 1.94 bits per heavy atom. The molecule has 86 valence electrons. The van der Waals surface area contributed by atoms with E-state index in [1.165, 1.54) is 12.1 Å². The summed E-state index contributed by atoms with van der Waals surface area (Å²) >= 11 is 0. The van der Waals surface area contributed by atoms with Gasteiger partial charge >= 0.3 is 5.97 Å². The zero-order chi connectivity index (χ0) is 12.2. The Kier molecular flexibility index (Phi) is 3.63. The molecule has 1 rings (SSSR count). The first kappa shape index (κ1) is 12.2. The summed E-state index contributed by atoms with van der Waals surface area (Å²) in [5, 5.41) is 10.0. The third kappa shape index (κ3) is 2.04. The van der Waals surface area contributed by atoms with Crippen LogP contribution in [0.4, 0.5) is 0 Å². The molecule has 0 radical (unpaired) electrons. The first-order chi connectivity index (χ1) is 7.53. The second-order valence-corrected chi connectivity index (χ2v) is 3.16.